The summed E-state index contributed by atoms with van der Waals surface area (Å²) in [5.74, 6) is -0.798. The molecule has 4 rings (SSSR count). The van der Waals surface area contributed by atoms with Crippen molar-refractivity contribution in [3.05, 3.63) is 34.4 Å². The van der Waals surface area contributed by atoms with Gasteiger partial charge in [0.1, 0.15) is 6.04 Å². The maximum Gasteiger partial charge on any atom is 0.261 e. The first-order chi connectivity index (χ1) is 11.0. The third-order valence-corrected chi connectivity index (χ3v) is 5.82. The summed E-state index contributed by atoms with van der Waals surface area (Å²) in [6.45, 7) is 0. The largest absolute Gasteiger partial charge is 0.295 e. The molecule has 0 N–H and O–H groups in total. The van der Waals surface area contributed by atoms with Gasteiger partial charge in [-0.3, -0.25) is 24.3 Å². The van der Waals surface area contributed by atoms with E-state index < -0.39 is 6.04 Å². The fourth-order valence-electron chi connectivity index (χ4n) is 3.12. The number of amides is 3. The average molecular weight is 486 g/mol. The zero-order valence-electron chi connectivity index (χ0n) is 11.6. The summed E-state index contributed by atoms with van der Waals surface area (Å²) in [5, 5.41) is 0.747. The molecule has 8 heteroatoms. The van der Waals surface area contributed by atoms with Gasteiger partial charge in [0, 0.05) is 22.5 Å². The number of aromatic nitrogens is 1. The topological polar surface area (TPSA) is 70.6 Å². The number of carbonyl (C=O) groups is 3. The number of hydrogen-bond donors (Lipinski definition) is 0. The first-order valence-corrected chi connectivity index (χ1v) is 8.70. The minimum absolute atomic E-state index is 0.219. The van der Waals surface area contributed by atoms with Crippen LogP contribution in [-0.4, -0.2) is 31.9 Å². The predicted octanol–water partition coefficient (Wildman–Crippen LogP) is 2.83. The van der Waals surface area contributed by atoms with Gasteiger partial charge in [0.15, 0.2) is 0 Å². The predicted molar refractivity (Wildman–Crippen MR) is 95.1 cm³/mol. The van der Waals surface area contributed by atoms with Crippen LogP contribution in [0, 0.1) is 0 Å². The molecule has 2 aliphatic rings. The summed E-state index contributed by atoms with van der Waals surface area (Å²) in [5.41, 5.74) is 1.91. The van der Waals surface area contributed by atoms with Gasteiger partial charge in [-0.05, 0) is 40.5 Å². The fraction of sp³-hybridized carbons (Fsp3) is 0.200. The van der Waals surface area contributed by atoms with Crippen molar-refractivity contribution in [1.29, 1.82) is 0 Å². The molecule has 116 valence electrons. The van der Waals surface area contributed by atoms with Gasteiger partial charge < -0.3 is 0 Å². The molecule has 0 bridgehead atoms. The molecule has 1 unspecified atom stereocenters. The molecule has 1 atom stereocenters. The van der Waals surface area contributed by atoms with E-state index in [0.717, 1.165) is 13.0 Å². The van der Waals surface area contributed by atoms with Crippen molar-refractivity contribution in [3.63, 3.8) is 0 Å². The van der Waals surface area contributed by atoms with Crippen LogP contribution in [0.2, 0.25) is 0 Å². The molecule has 1 fully saturated rings. The van der Waals surface area contributed by atoms with Crippen molar-refractivity contribution in [2.45, 2.75) is 18.9 Å². The SMILES string of the molecule is O=C1CCC(N2C(=O)c3ccc(Br)c4nccc2c34)C(=O)N1I. The van der Waals surface area contributed by atoms with Gasteiger partial charge in [-0.25, -0.2) is 3.11 Å². The summed E-state index contributed by atoms with van der Waals surface area (Å²) in [4.78, 5) is 42.8. The van der Waals surface area contributed by atoms with Crippen LogP contribution >= 0.6 is 38.8 Å². The lowest BCUT2D eigenvalue weighted by Crippen LogP contribution is -2.52. The molecule has 0 saturated carbocycles. The maximum atomic E-state index is 12.8. The quantitative estimate of drug-likeness (QED) is 0.354. The van der Waals surface area contributed by atoms with E-state index in [1.807, 2.05) is 0 Å². The summed E-state index contributed by atoms with van der Waals surface area (Å²) in [7, 11) is 0. The minimum atomic E-state index is -0.658. The van der Waals surface area contributed by atoms with Gasteiger partial charge in [-0.2, -0.15) is 0 Å². The third-order valence-electron chi connectivity index (χ3n) is 4.17. The van der Waals surface area contributed by atoms with Crippen LogP contribution in [0.25, 0.3) is 10.9 Å². The average Bonchev–Trinajstić information content (AvgIpc) is 2.83. The maximum absolute atomic E-state index is 12.8. The Hall–Kier alpha value is -1.55. The van der Waals surface area contributed by atoms with Crippen molar-refractivity contribution in [1.82, 2.24) is 8.10 Å². The number of pyridine rings is 1. The Labute approximate surface area is 153 Å². The molecule has 3 amide bonds. The number of benzene rings is 1. The third kappa shape index (κ3) is 2.04. The lowest BCUT2D eigenvalue weighted by molar-refractivity contribution is -0.140. The zero-order chi connectivity index (χ0) is 16.3. The van der Waals surface area contributed by atoms with E-state index in [4.69, 9.17) is 0 Å². The highest BCUT2D eigenvalue weighted by Crippen LogP contribution is 2.41. The highest BCUT2D eigenvalue weighted by molar-refractivity contribution is 14.1. The van der Waals surface area contributed by atoms with Crippen molar-refractivity contribution < 1.29 is 14.4 Å². The monoisotopic (exact) mass is 485 g/mol. The molecule has 2 aromatic rings. The van der Waals surface area contributed by atoms with E-state index in [1.165, 1.54) is 4.90 Å². The van der Waals surface area contributed by atoms with Crippen molar-refractivity contribution >= 4 is 73.1 Å². The summed E-state index contributed by atoms with van der Waals surface area (Å²) in [6.07, 6.45) is 2.21. The standard InChI is InChI=1S/C15H9BrIN3O3/c16-8-2-1-7-12-9(5-6-18-13(8)12)19(14(7)22)10-3-4-11(21)20(17)15(10)23/h1-2,5-6,10H,3-4H2. The zero-order valence-corrected chi connectivity index (χ0v) is 15.4. The van der Waals surface area contributed by atoms with Gasteiger partial charge in [-0.15, -0.1) is 0 Å². The van der Waals surface area contributed by atoms with Crippen molar-refractivity contribution in [2.75, 3.05) is 4.90 Å². The normalized spacial score (nSPS) is 20.8. The molecule has 0 radical (unpaired) electrons. The first kappa shape index (κ1) is 15.0. The molecule has 0 aliphatic carbocycles. The lowest BCUT2D eigenvalue weighted by atomic mass is 10.0. The Kier molecular flexibility index (Phi) is 3.41. The number of carbonyl (C=O) groups excluding carboxylic acids is 3. The number of imide groups is 1. The highest BCUT2D eigenvalue weighted by Gasteiger charge is 2.43. The molecule has 23 heavy (non-hydrogen) atoms. The van der Waals surface area contributed by atoms with Gasteiger partial charge >= 0.3 is 0 Å². The van der Waals surface area contributed by atoms with E-state index in [2.05, 4.69) is 20.9 Å². The van der Waals surface area contributed by atoms with Crippen LogP contribution in [0.1, 0.15) is 23.2 Å². The number of hydrogen-bond acceptors (Lipinski definition) is 4. The summed E-state index contributed by atoms with van der Waals surface area (Å²) in [6, 6.07) is 4.60. The van der Waals surface area contributed by atoms with Gasteiger partial charge in [-0.1, -0.05) is 0 Å². The Morgan fingerprint density at radius 2 is 2.00 bits per heavy atom. The molecule has 3 heterocycles. The number of rotatable bonds is 1. The van der Waals surface area contributed by atoms with Gasteiger partial charge in [0.25, 0.3) is 11.8 Å². The molecule has 6 nitrogen and oxygen atoms in total. The first-order valence-electron chi connectivity index (χ1n) is 6.94. The molecular weight excluding hydrogens is 477 g/mol. The number of piperidine rings is 1. The van der Waals surface area contributed by atoms with E-state index in [1.54, 1.807) is 47.3 Å². The number of anilines is 1. The van der Waals surface area contributed by atoms with Crippen LogP contribution in [0.5, 0.6) is 0 Å². The second-order valence-electron chi connectivity index (χ2n) is 5.39. The van der Waals surface area contributed by atoms with E-state index in [0.29, 0.717) is 23.2 Å². The Bertz CT molecular complexity index is 901. The van der Waals surface area contributed by atoms with E-state index in [-0.39, 0.29) is 24.1 Å². The van der Waals surface area contributed by atoms with Crippen LogP contribution in [-0.2, 0) is 9.59 Å². The Morgan fingerprint density at radius 1 is 1.22 bits per heavy atom. The Balaban J connectivity index is 1.88. The molecule has 1 saturated heterocycles. The number of nitrogens with zero attached hydrogens (tertiary/aromatic N) is 3. The highest BCUT2D eigenvalue weighted by atomic mass is 127. The molecular formula is C15H9BrIN3O3. The lowest BCUT2D eigenvalue weighted by Gasteiger charge is -2.32. The molecule has 0 spiro atoms. The van der Waals surface area contributed by atoms with Gasteiger partial charge in [0.2, 0.25) is 5.91 Å². The van der Waals surface area contributed by atoms with Crippen LogP contribution in [0.4, 0.5) is 5.69 Å². The molecule has 1 aromatic heterocycles. The van der Waals surface area contributed by atoms with Crippen LogP contribution in [0.3, 0.4) is 0 Å². The van der Waals surface area contributed by atoms with Crippen molar-refractivity contribution in [2.24, 2.45) is 0 Å². The number of halogens is 2. The Morgan fingerprint density at radius 3 is 2.78 bits per heavy atom. The summed E-state index contributed by atoms with van der Waals surface area (Å²) < 4.78 is 1.88. The van der Waals surface area contributed by atoms with Gasteiger partial charge in [0.05, 0.1) is 39.6 Å². The van der Waals surface area contributed by atoms with Crippen LogP contribution in [0.15, 0.2) is 28.9 Å². The second kappa shape index (κ2) is 5.23. The van der Waals surface area contributed by atoms with E-state index in [9.17, 15) is 14.4 Å². The minimum Gasteiger partial charge on any atom is -0.295 e. The summed E-state index contributed by atoms with van der Waals surface area (Å²) >= 11 is 5.15. The second-order valence-corrected chi connectivity index (χ2v) is 7.21. The molecule has 1 aromatic carbocycles. The van der Waals surface area contributed by atoms with Crippen molar-refractivity contribution in [3.8, 4) is 0 Å². The molecule has 2 aliphatic heterocycles. The van der Waals surface area contributed by atoms with Crippen LogP contribution < -0.4 is 4.90 Å². The fourth-order valence-corrected chi connectivity index (χ4v) is 4.12. The smallest absolute Gasteiger partial charge is 0.261 e. The van der Waals surface area contributed by atoms with E-state index >= 15 is 0 Å².